The van der Waals surface area contributed by atoms with Crippen molar-refractivity contribution in [2.45, 2.75) is 24.3 Å². The number of fused-ring (bicyclic) bond motifs is 1. The molecule has 3 unspecified atom stereocenters. The zero-order valence-electron chi connectivity index (χ0n) is 13.6. The van der Waals surface area contributed by atoms with Crippen LogP contribution in [0.3, 0.4) is 0 Å². The molecule has 1 saturated carbocycles. The van der Waals surface area contributed by atoms with Crippen LogP contribution in [0, 0.1) is 18.3 Å². The van der Waals surface area contributed by atoms with E-state index in [0.29, 0.717) is 11.4 Å². The second kappa shape index (κ2) is 5.41. The van der Waals surface area contributed by atoms with Crippen molar-refractivity contribution in [2.24, 2.45) is 11.3 Å². The van der Waals surface area contributed by atoms with Gasteiger partial charge in [-0.2, -0.15) is 4.31 Å². The number of aliphatic hydroxyl groups is 1. The van der Waals surface area contributed by atoms with Gasteiger partial charge in [-0.25, -0.2) is 8.42 Å². The van der Waals surface area contributed by atoms with Crippen LogP contribution in [-0.2, 0) is 10.0 Å². The summed E-state index contributed by atoms with van der Waals surface area (Å²) in [5.41, 5.74) is 1.67. The average Bonchev–Trinajstić information content (AvgIpc) is 3.21. The molecule has 1 aliphatic carbocycles. The molecule has 24 heavy (non-hydrogen) atoms. The summed E-state index contributed by atoms with van der Waals surface area (Å²) in [6.45, 7) is 2.45. The number of benzene rings is 2. The van der Waals surface area contributed by atoms with Crippen LogP contribution in [-0.4, -0.2) is 31.0 Å². The number of sulfonamides is 1. The fraction of sp³-hybridized carbons (Fsp3) is 0.368. The SMILES string of the molecule is Cc1ccc(S(=O)(=O)N2CC3CC3(CO)C2c2ccccc2)cc1. The normalized spacial score (nSPS) is 29.4. The first kappa shape index (κ1) is 15.8. The predicted octanol–water partition coefficient (Wildman–Crippen LogP) is 2.74. The van der Waals surface area contributed by atoms with Crippen molar-refractivity contribution in [1.29, 1.82) is 0 Å². The molecule has 1 heterocycles. The van der Waals surface area contributed by atoms with E-state index in [4.69, 9.17) is 0 Å². The number of piperidine rings is 1. The Labute approximate surface area is 142 Å². The van der Waals surface area contributed by atoms with Gasteiger partial charge < -0.3 is 5.11 Å². The highest BCUT2D eigenvalue weighted by atomic mass is 32.2. The Bertz CT molecular complexity index is 844. The van der Waals surface area contributed by atoms with Crippen molar-refractivity contribution in [3.63, 3.8) is 0 Å². The molecular weight excluding hydrogens is 322 g/mol. The highest BCUT2D eigenvalue weighted by Gasteiger charge is 2.68. The Balaban J connectivity index is 1.78. The number of nitrogens with zero attached hydrogens (tertiary/aromatic N) is 1. The lowest BCUT2D eigenvalue weighted by molar-refractivity contribution is 0.162. The monoisotopic (exact) mass is 343 g/mol. The van der Waals surface area contributed by atoms with Gasteiger partial charge in [-0.15, -0.1) is 0 Å². The molecule has 4 nitrogen and oxygen atoms in total. The molecule has 4 rings (SSSR count). The highest BCUT2D eigenvalue weighted by molar-refractivity contribution is 7.89. The number of hydrogen-bond acceptors (Lipinski definition) is 3. The Hall–Kier alpha value is -1.69. The highest BCUT2D eigenvalue weighted by Crippen LogP contribution is 2.67. The van der Waals surface area contributed by atoms with Crippen molar-refractivity contribution in [1.82, 2.24) is 4.31 Å². The van der Waals surface area contributed by atoms with E-state index in [-0.39, 0.29) is 24.0 Å². The van der Waals surface area contributed by atoms with Crippen LogP contribution in [0.1, 0.15) is 23.6 Å². The number of aryl methyl sites for hydroxylation is 1. The maximum Gasteiger partial charge on any atom is 0.243 e. The topological polar surface area (TPSA) is 57.6 Å². The van der Waals surface area contributed by atoms with E-state index < -0.39 is 10.0 Å². The van der Waals surface area contributed by atoms with Gasteiger partial charge in [0.15, 0.2) is 0 Å². The smallest absolute Gasteiger partial charge is 0.243 e. The molecule has 2 aliphatic rings. The van der Waals surface area contributed by atoms with Gasteiger partial charge in [-0.05, 0) is 37.0 Å². The van der Waals surface area contributed by atoms with Crippen molar-refractivity contribution in [3.8, 4) is 0 Å². The summed E-state index contributed by atoms with van der Waals surface area (Å²) >= 11 is 0. The third-order valence-electron chi connectivity index (χ3n) is 5.55. The standard InChI is InChI=1S/C19H21NO3S/c1-14-7-9-17(10-8-14)24(22,23)20-12-16-11-19(16,13-21)18(20)15-5-3-2-4-6-15/h2-10,16,18,21H,11-13H2,1H3. The molecule has 2 aromatic carbocycles. The quantitative estimate of drug-likeness (QED) is 0.929. The summed E-state index contributed by atoms with van der Waals surface area (Å²) in [5, 5.41) is 9.97. The predicted molar refractivity (Wildman–Crippen MR) is 91.9 cm³/mol. The van der Waals surface area contributed by atoms with Crippen molar-refractivity contribution < 1.29 is 13.5 Å². The maximum atomic E-state index is 13.2. The lowest BCUT2D eigenvalue weighted by Gasteiger charge is -2.31. The zero-order chi connectivity index (χ0) is 16.9. The number of rotatable bonds is 4. The van der Waals surface area contributed by atoms with Crippen molar-refractivity contribution >= 4 is 10.0 Å². The third kappa shape index (κ3) is 2.23. The van der Waals surface area contributed by atoms with E-state index in [1.54, 1.807) is 16.4 Å². The molecule has 1 saturated heterocycles. The van der Waals surface area contributed by atoms with Gasteiger partial charge in [-0.3, -0.25) is 0 Å². The molecule has 0 aromatic heterocycles. The van der Waals surface area contributed by atoms with E-state index in [9.17, 15) is 13.5 Å². The number of aliphatic hydroxyl groups excluding tert-OH is 1. The van der Waals surface area contributed by atoms with E-state index >= 15 is 0 Å². The Kier molecular flexibility index (Phi) is 3.56. The lowest BCUT2D eigenvalue weighted by Crippen LogP contribution is -2.36. The third-order valence-corrected chi connectivity index (χ3v) is 7.39. The van der Waals surface area contributed by atoms with Gasteiger partial charge >= 0.3 is 0 Å². The van der Waals surface area contributed by atoms with Gasteiger partial charge in [0.2, 0.25) is 10.0 Å². The molecule has 0 spiro atoms. The fourth-order valence-corrected chi connectivity index (χ4v) is 5.82. The molecule has 1 aliphatic heterocycles. The van der Waals surface area contributed by atoms with Gasteiger partial charge in [0.1, 0.15) is 0 Å². The summed E-state index contributed by atoms with van der Waals surface area (Å²) in [4.78, 5) is 0.323. The second-order valence-corrected chi connectivity index (χ2v) is 8.88. The fourth-order valence-electron chi connectivity index (χ4n) is 4.09. The van der Waals surface area contributed by atoms with Crippen LogP contribution in [0.4, 0.5) is 0 Å². The molecule has 5 heteroatoms. The summed E-state index contributed by atoms with van der Waals surface area (Å²) in [5.74, 6) is 0.243. The molecule has 0 amide bonds. The van der Waals surface area contributed by atoms with Crippen molar-refractivity contribution in [2.75, 3.05) is 13.2 Å². The molecular formula is C19H21NO3S. The van der Waals surface area contributed by atoms with Crippen LogP contribution < -0.4 is 0 Å². The minimum absolute atomic E-state index is 0.0249. The van der Waals surface area contributed by atoms with Gasteiger partial charge in [0.05, 0.1) is 17.5 Å². The van der Waals surface area contributed by atoms with Gasteiger partial charge in [-0.1, -0.05) is 48.0 Å². The van der Waals surface area contributed by atoms with Crippen LogP contribution in [0.15, 0.2) is 59.5 Å². The summed E-state index contributed by atoms with van der Waals surface area (Å²) in [7, 11) is -3.58. The first-order valence-corrected chi connectivity index (χ1v) is 9.67. The zero-order valence-corrected chi connectivity index (χ0v) is 14.4. The molecule has 2 fully saturated rings. The van der Waals surface area contributed by atoms with Crippen LogP contribution in [0.5, 0.6) is 0 Å². The molecule has 0 bridgehead atoms. The summed E-state index contributed by atoms with van der Waals surface area (Å²) in [6, 6.07) is 16.4. The first-order chi connectivity index (χ1) is 11.5. The van der Waals surface area contributed by atoms with Gasteiger partial charge in [0.25, 0.3) is 0 Å². The Morgan fingerprint density at radius 3 is 2.42 bits per heavy atom. The lowest BCUT2D eigenvalue weighted by atomic mass is 9.91. The summed E-state index contributed by atoms with van der Waals surface area (Å²) < 4.78 is 28.0. The molecule has 0 radical (unpaired) electrons. The van der Waals surface area contributed by atoms with E-state index in [2.05, 4.69) is 0 Å². The molecule has 3 atom stereocenters. The van der Waals surface area contributed by atoms with Crippen LogP contribution in [0.2, 0.25) is 0 Å². The van der Waals surface area contributed by atoms with E-state index in [0.717, 1.165) is 17.5 Å². The molecule has 1 N–H and O–H groups in total. The van der Waals surface area contributed by atoms with Crippen molar-refractivity contribution in [3.05, 3.63) is 65.7 Å². The maximum absolute atomic E-state index is 13.2. The van der Waals surface area contributed by atoms with E-state index in [1.807, 2.05) is 49.4 Å². The van der Waals surface area contributed by atoms with E-state index in [1.165, 1.54) is 0 Å². The van der Waals surface area contributed by atoms with Crippen LogP contribution >= 0.6 is 0 Å². The Morgan fingerprint density at radius 1 is 1.12 bits per heavy atom. The first-order valence-electron chi connectivity index (χ1n) is 8.23. The minimum atomic E-state index is -3.58. The Morgan fingerprint density at radius 2 is 1.79 bits per heavy atom. The summed E-state index contributed by atoms with van der Waals surface area (Å²) in [6.07, 6.45) is 0.892. The average molecular weight is 343 g/mol. The molecule has 2 aromatic rings. The largest absolute Gasteiger partial charge is 0.396 e. The van der Waals surface area contributed by atoms with Gasteiger partial charge in [0, 0.05) is 12.0 Å². The number of hydrogen-bond donors (Lipinski definition) is 1. The van der Waals surface area contributed by atoms with Crippen LogP contribution in [0.25, 0.3) is 0 Å². The molecule has 126 valence electrons. The minimum Gasteiger partial charge on any atom is -0.396 e. The second-order valence-electron chi connectivity index (χ2n) is 6.99.